The SMILES string of the molecule is O=C(O)[C@H]1CN(C(=O)Cn2ccc3ccccc32)C[C@@H]1C1CC1. The molecule has 1 aliphatic carbocycles. The molecule has 0 radical (unpaired) electrons. The highest BCUT2D eigenvalue weighted by molar-refractivity contribution is 5.84. The molecule has 2 fully saturated rings. The van der Waals surface area contributed by atoms with E-state index in [0.29, 0.717) is 19.0 Å². The lowest BCUT2D eigenvalue weighted by molar-refractivity contribution is -0.142. The van der Waals surface area contributed by atoms with Crippen LogP contribution >= 0.6 is 0 Å². The quantitative estimate of drug-likeness (QED) is 0.941. The fourth-order valence-electron chi connectivity index (χ4n) is 3.82. The number of benzene rings is 1. The van der Waals surface area contributed by atoms with Gasteiger partial charge in [-0.2, -0.15) is 0 Å². The van der Waals surface area contributed by atoms with Crippen molar-refractivity contribution in [1.29, 1.82) is 0 Å². The molecule has 5 heteroatoms. The number of nitrogens with zero attached hydrogens (tertiary/aromatic N) is 2. The van der Waals surface area contributed by atoms with E-state index >= 15 is 0 Å². The maximum Gasteiger partial charge on any atom is 0.308 e. The number of hydrogen-bond acceptors (Lipinski definition) is 2. The van der Waals surface area contributed by atoms with Crippen molar-refractivity contribution < 1.29 is 14.7 Å². The average Bonchev–Trinajstić information content (AvgIpc) is 3.16. The molecule has 4 rings (SSSR count). The summed E-state index contributed by atoms with van der Waals surface area (Å²) in [6.45, 7) is 1.23. The van der Waals surface area contributed by atoms with Crippen molar-refractivity contribution in [2.24, 2.45) is 17.8 Å². The number of carbonyl (C=O) groups excluding carboxylic acids is 1. The number of aromatic nitrogens is 1. The van der Waals surface area contributed by atoms with Crippen LogP contribution in [-0.4, -0.2) is 39.5 Å². The van der Waals surface area contributed by atoms with Gasteiger partial charge < -0.3 is 14.6 Å². The van der Waals surface area contributed by atoms with Gasteiger partial charge in [0.25, 0.3) is 0 Å². The van der Waals surface area contributed by atoms with E-state index in [1.54, 1.807) is 4.90 Å². The topological polar surface area (TPSA) is 62.5 Å². The summed E-state index contributed by atoms with van der Waals surface area (Å²) in [6.07, 6.45) is 4.14. The molecule has 1 amide bonds. The summed E-state index contributed by atoms with van der Waals surface area (Å²) in [4.78, 5) is 25.8. The van der Waals surface area contributed by atoms with Gasteiger partial charge in [-0.05, 0) is 42.2 Å². The first-order chi connectivity index (χ1) is 11.1. The summed E-state index contributed by atoms with van der Waals surface area (Å²) in [5.41, 5.74) is 1.04. The molecule has 1 aliphatic heterocycles. The fraction of sp³-hybridized carbons (Fsp3) is 0.444. The molecule has 1 saturated carbocycles. The van der Waals surface area contributed by atoms with E-state index in [1.807, 2.05) is 41.1 Å². The molecule has 120 valence electrons. The summed E-state index contributed by atoms with van der Waals surface area (Å²) in [5, 5.41) is 10.5. The van der Waals surface area contributed by atoms with Gasteiger partial charge in [-0.1, -0.05) is 18.2 Å². The third kappa shape index (κ3) is 2.60. The number of rotatable bonds is 4. The molecule has 1 saturated heterocycles. The molecule has 5 nitrogen and oxygen atoms in total. The van der Waals surface area contributed by atoms with Crippen LogP contribution < -0.4 is 0 Å². The Morgan fingerprint density at radius 2 is 1.91 bits per heavy atom. The van der Waals surface area contributed by atoms with Crippen LogP contribution in [0.1, 0.15) is 12.8 Å². The Balaban J connectivity index is 1.50. The van der Waals surface area contributed by atoms with Crippen LogP contribution in [0, 0.1) is 17.8 Å². The molecule has 2 aliphatic rings. The normalized spacial score (nSPS) is 24.3. The van der Waals surface area contributed by atoms with Crippen molar-refractivity contribution in [3.8, 4) is 0 Å². The minimum Gasteiger partial charge on any atom is -0.481 e. The number of fused-ring (bicyclic) bond motifs is 1. The lowest BCUT2D eigenvalue weighted by Gasteiger charge is -2.17. The van der Waals surface area contributed by atoms with Crippen molar-refractivity contribution in [3.63, 3.8) is 0 Å². The highest BCUT2D eigenvalue weighted by Gasteiger charge is 2.46. The van der Waals surface area contributed by atoms with Gasteiger partial charge in [-0.25, -0.2) is 0 Å². The zero-order valence-corrected chi connectivity index (χ0v) is 12.9. The van der Waals surface area contributed by atoms with Crippen molar-refractivity contribution >= 4 is 22.8 Å². The standard InChI is InChI=1S/C18H20N2O3/c21-17(11-19-8-7-13-3-1-2-4-16(13)19)20-9-14(12-5-6-12)15(10-20)18(22)23/h1-4,7-8,12,14-15H,5-6,9-11H2,(H,22,23)/t14-,15+/m1/s1. The Hall–Kier alpha value is -2.30. The Morgan fingerprint density at radius 1 is 1.13 bits per heavy atom. The van der Waals surface area contributed by atoms with Gasteiger partial charge in [0.15, 0.2) is 0 Å². The van der Waals surface area contributed by atoms with Crippen LogP contribution in [-0.2, 0) is 16.1 Å². The lowest BCUT2D eigenvalue weighted by atomic mass is 9.92. The molecule has 2 heterocycles. The lowest BCUT2D eigenvalue weighted by Crippen LogP contribution is -2.32. The summed E-state index contributed by atoms with van der Waals surface area (Å²) < 4.78 is 1.94. The number of carboxylic acids is 1. The van der Waals surface area contributed by atoms with E-state index < -0.39 is 11.9 Å². The van der Waals surface area contributed by atoms with Gasteiger partial charge >= 0.3 is 5.97 Å². The first-order valence-corrected chi connectivity index (χ1v) is 8.18. The van der Waals surface area contributed by atoms with Crippen molar-refractivity contribution in [1.82, 2.24) is 9.47 Å². The molecule has 0 bridgehead atoms. The number of carbonyl (C=O) groups is 2. The molecule has 1 aromatic carbocycles. The first kappa shape index (κ1) is 14.3. The van der Waals surface area contributed by atoms with E-state index in [1.165, 1.54) is 0 Å². The van der Waals surface area contributed by atoms with Crippen LogP contribution in [0.5, 0.6) is 0 Å². The Kier molecular flexibility index (Phi) is 3.36. The van der Waals surface area contributed by atoms with Gasteiger partial charge in [-0.15, -0.1) is 0 Å². The Bertz CT molecular complexity index is 762. The van der Waals surface area contributed by atoms with Crippen LogP contribution in [0.15, 0.2) is 36.5 Å². The predicted molar refractivity (Wildman–Crippen MR) is 85.9 cm³/mol. The molecule has 2 atom stereocenters. The fourth-order valence-corrected chi connectivity index (χ4v) is 3.82. The third-order valence-electron chi connectivity index (χ3n) is 5.25. The number of likely N-dealkylation sites (tertiary alicyclic amines) is 1. The Morgan fingerprint density at radius 3 is 2.65 bits per heavy atom. The number of aliphatic carboxylic acids is 1. The molecule has 0 unspecified atom stereocenters. The summed E-state index contributed by atoms with van der Waals surface area (Å²) in [7, 11) is 0. The first-order valence-electron chi connectivity index (χ1n) is 8.18. The van der Waals surface area contributed by atoms with Crippen molar-refractivity contribution in [3.05, 3.63) is 36.5 Å². The largest absolute Gasteiger partial charge is 0.481 e. The van der Waals surface area contributed by atoms with Crippen LogP contribution in [0.2, 0.25) is 0 Å². The van der Waals surface area contributed by atoms with Crippen molar-refractivity contribution in [2.45, 2.75) is 19.4 Å². The molecule has 1 aromatic heterocycles. The van der Waals surface area contributed by atoms with E-state index in [-0.39, 0.29) is 18.4 Å². The highest BCUT2D eigenvalue weighted by atomic mass is 16.4. The molecular weight excluding hydrogens is 292 g/mol. The third-order valence-corrected chi connectivity index (χ3v) is 5.25. The number of carboxylic acid groups (broad SMARTS) is 1. The minimum absolute atomic E-state index is 0.0146. The molecule has 2 aromatic rings. The number of hydrogen-bond donors (Lipinski definition) is 1. The Labute approximate surface area is 134 Å². The summed E-state index contributed by atoms with van der Waals surface area (Å²) >= 11 is 0. The van der Waals surface area contributed by atoms with E-state index in [9.17, 15) is 14.7 Å². The van der Waals surface area contributed by atoms with Gasteiger partial charge in [-0.3, -0.25) is 9.59 Å². The molecule has 1 N–H and O–H groups in total. The zero-order chi connectivity index (χ0) is 16.0. The maximum atomic E-state index is 12.6. The van der Waals surface area contributed by atoms with Gasteiger partial charge in [0, 0.05) is 24.8 Å². The second-order valence-corrected chi connectivity index (χ2v) is 6.75. The number of amides is 1. The van der Waals surface area contributed by atoms with Crippen LogP contribution in [0.3, 0.4) is 0 Å². The minimum atomic E-state index is -0.761. The van der Waals surface area contributed by atoms with Crippen molar-refractivity contribution in [2.75, 3.05) is 13.1 Å². The smallest absolute Gasteiger partial charge is 0.308 e. The van der Waals surface area contributed by atoms with E-state index in [0.717, 1.165) is 23.7 Å². The maximum absolute atomic E-state index is 12.6. The number of para-hydroxylation sites is 1. The molecule has 23 heavy (non-hydrogen) atoms. The monoisotopic (exact) mass is 312 g/mol. The second kappa shape index (κ2) is 5.41. The van der Waals surface area contributed by atoms with Gasteiger partial charge in [0.1, 0.15) is 6.54 Å². The van der Waals surface area contributed by atoms with Crippen LogP contribution in [0.4, 0.5) is 0 Å². The highest BCUT2D eigenvalue weighted by Crippen LogP contribution is 2.44. The summed E-state index contributed by atoms with van der Waals surface area (Å²) in [6, 6.07) is 9.96. The molecule has 0 spiro atoms. The average molecular weight is 312 g/mol. The zero-order valence-electron chi connectivity index (χ0n) is 12.9. The predicted octanol–water partition coefficient (Wildman–Crippen LogP) is 2.21. The second-order valence-electron chi connectivity index (χ2n) is 6.75. The van der Waals surface area contributed by atoms with E-state index in [2.05, 4.69) is 0 Å². The molecular formula is C18H20N2O3. The van der Waals surface area contributed by atoms with Crippen LogP contribution in [0.25, 0.3) is 10.9 Å². The van der Waals surface area contributed by atoms with Gasteiger partial charge in [0.05, 0.1) is 5.92 Å². The van der Waals surface area contributed by atoms with Gasteiger partial charge in [0.2, 0.25) is 5.91 Å². The van der Waals surface area contributed by atoms with E-state index in [4.69, 9.17) is 0 Å². The summed E-state index contributed by atoms with van der Waals surface area (Å²) in [5.74, 6) is -0.503.